The van der Waals surface area contributed by atoms with E-state index < -0.39 is 0 Å². The molecule has 19 heavy (non-hydrogen) atoms. The number of nitrogens with one attached hydrogen (secondary N) is 1. The van der Waals surface area contributed by atoms with Crippen LogP contribution in [0, 0.1) is 0 Å². The maximum Gasteiger partial charge on any atom is 0.142 e. The lowest BCUT2D eigenvalue weighted by Gasteiger charge is -2.01. The van der Waals surface area contributed by atoms with Crippen LogP contribution in [0.15, 0.2) is 47.5 Å². The van der Waals surface area contributed by atoms with Crippen molar-refractivity contribution in [2.24, 2.45) is 4.99 Å². The van der Waals surface area contributed by atoms with Crippen molar-refractivity contribution in [3.63, 3.8) is 0 Å². The van der Waals surface area contributed by atoms with Gasteiger partial charge in [0.1, 0.15) is 11.6 Å². The smallest absolute Gasteiger partial charge is 0.142 e. The number of para-hydroxylation sites is 2. The van der Waals surface area contributed by atoms with E-state index in [0.717, 1.165) is 11.0 Å². The Morgan fingerprint density at radius 3 is 2.79 bits per heavy atom. The third kappa shape index (κ3) is 2.12. The number of benzene rings is 2. The number of fused-ring (bicyclic) bond motifs is 1. The highest BCUT2D eigenvalue weighted by molar-refractivity contribution is 7.78. The Bertz CT molecular complexity index is 770. The number of imidazole rings is 1. The summed E-state index contributed by atoms with van der Waals surface area (Å²) in [4.78, 5) is 11.4. The van der Waals surface area contributed by atoms with Gasteiger partial charge in [0.2, 0.25) is 0 Å². The number of aromatic amines is 1. The number of nitrogens with zero attached hydrogens (tertiary/aromatic N) is 2. The Morgan fingerprint density at radius 1 is 1.21 bits per heavy atom. The molecule has 0 atom stereocenters. The van der Waals surface area contributed by atoms with Crippen molar-refractivity contribution in [3.8, 4) is 17.1 Å². The van der Waals surface area contributed by atoms with Crippen LogP contribution in [0.4, 0.5) is 5.69 Å². The predicted molar refractivity (Wildman–Crippen MR) is 77.9 cm³/mol. The van der Waals surface area contributed by atoms with Crippen molar-refractivity contribution in [3.05, 3.63) is 42.5 Å². The molecule has 0 bridgehead atoms. The zero-order valence-electron chi connectivity index (χ0n) is 9.79. The summed E-state index contributed by atoms with van der Waals surface area (Å²) >= 11 is 4.53. The molecule has 0 unspecified atom stereocenters. The average molecular weight is 267 g/mol. The molecule has 0 fully saturated rings. The van der Waals surface area contributed by atoms with Crippen LogP contribution in [0.3, 0.4) is 0 Å². The molecule has 92 valence electrons. The summed E-state index contributed by atoms with van der Waals surface area (Å²) in [5.41, 5.74) is 2.97. The number of hydrogen-bond donors (Lipinski definition) is 2. The van der Waals surface area contributed by atoms with Crippen molar-refractivity contribution in [2.45, 2.75) is 0 Å². The molecular formula is C14H9N3OS. The fraction of sp³-hybridized carbons (Fsp3) is 0. The van der Waals surface area contributed by atoms with Gasteiger partial charge in [0.25, 0.3) is 0 Å². The molecule has 0 radical (unpaired) electrons. The van der Waals surface area contributed by atoms with E-state index in [1.807, 2.05) is 24.3 Å². The summed E-state index contributed by atoms with van der Waals surface area (Å²) in [6.07, 6.45) is 0. The number of aliphatic imine (C=N–C) groups is 1. The molecule has 2 N–H and O–H groups in total. The van der Waals surface area contributed by atoms with Crippen LogP contribution < -0.4 is 0 Å². The molecule has 3 aromatic rings. The minimum atomic E-state index is 0.102. The second-order valence-corrected chi connectivity index (χ2v) is 4.19. The van der Waals surface area contributed by atoms with Crippen LogP contribution in [0.2, 0.25) is 0 Å². The molecule has 1 heterocycles. The molecule has 0 aliphatic heterocycles. The number of hydrogen-bond acceptors (Lipinski definition) is 4. The number of H-pyrrole nitrogens is 1. The molecule has 0 saturated carbocycles. The quantitative estimate of drug-likeness (QED) is 0.550. The fourth-order valence-corrected chi connectivity index (χ4v) is 2.03. The topological polar surface area (TPSA) is 61.3 Å². The second kappa shape index (κ2) is 4.65. The van der Waals surface area contributed by atoms with Gasteiger partial charge in [0.15, 0.2) is 0 Å². The first-order chi connectivity index (χ1) is 9.28. The van der Waals surface area contributed by atoms with E-state index in [4.69, 9.17) is 0 Å². The molecule has 2 aromatic carbocycles. The standard InChI is InChI=1S/C14H9N3OS/c18-13-7-9(15-8-19)5-6-10(13)14-16-11-3-1-2-4-12(11)17-14/h1-7,18H,(H,16,17). The maximum absolute atomic E-state index is 10.0. The summed E-state index contributed by atoms with van der Waals surface area (Å²) < 4.78 is 0. The molecule has 0 amide bonds. The zero-order chi connectivity index (χ0) is 13.2. The highest BCUT2D eigenvalue weighted by atomic mass is 32.1. The highest BCUT2D eigenvalue weighted by Gasteiger charge is 2.09. The average Bonchev–Trinajstić information content (AvgIpc) is 2.82. The first-order valence-corrected chi connectivity index (χ1v) is 6.05. The third-order valence-electron chi connectivity index (χ3n) is 2.80. The number of isothiocyanates is 1. The SMILES string of the molecule is Oc1cc(N=C=S)ccc1-c1nc2ccccc2[nH]1. The molecule has 0 spiro atoms. The van der Waals surface area contributed by atoms with Gasteiger partial charge in [-0.15, -0.1) is 0 Å². The van der Waals surface area contributed by atoms with Gasteiger partial charge in [-0.2, -0.15) is 4.99 Å². The van der Waals surface area contributed by atoms with Crippen LogP contribution in [-0.2, 0) is 0 Å². The van der Waals surface area contributed by atoms with Crippen LogP contribution in [0.1, 0.15) is 0 Å². The number of phenolic OH excluding ortho intramolecular Hbond substituents is 1. The van der Waals surface area contributed by atoms with Crippen molar-refractivity contribution < 1.29 is 5.11 Å². The van der Waals surface area contributed by atoms with E-state index in [0.29, 0.717) is 17.1 Å². The Balaban J connectivity index is 2.13. The molecule has 0 saturated heterocycles. The molecule has 0 aliphatic carbocycles. The Kier molecular flexibility index (Phi) is 2.83. The number of aromatic nitrogens is 2. The third-order valence-corrected chi connectivity index (χ3v) is 2.89. The van der Waals surface area contributed by atoms with Crippen LogP contribution in [0.25, 0.3) is 22.4 Å². The summed E-state index contributed by atoms with van der Waals surface area (Å²) in [5.74, 6) is 0.724. The lowest BCUT2D eigenvalue weighted by molar-refractivity contribution is 0.477. The summed E-state index contributed by atoms with van der Waals surface area (Å²) in [5, 5.41) is 12.3. The summed E-state index contributed by atoms with van der Waals surface area (Å²) in [7, 11) is 0. The molecule has 5 heteroatoms. The van der Waals surface area contributed by atoms with E-state index in [1.54, 1.807) is 12.1 Å². The molecular weight excluding hydrogens is 258 g/mol. The summed E-state index contributed by atoms with van der Waals surface area (Å²) in [6, 6.07) is 12.7. The van der Waals surface area contributed by atoms with Crippen molar-refractivity contribution in [1.29, 1.82) is 0 Å². The zero-order valence-corrected chi connectivity index (χ0v) is 10.6. The van der Waals surface area contributed by atoms with Crippen LogP contribution in [0.5, 0.6) is 5.75 Å². The maximum atomic E-state index is 10.0. The Labute approximate surface area is 114 Å². The lowest BCUT2D eigenvalue weighted by atomic mass is 10.1. The van der Waals surface area contributed by atoms with E-state index >= 15 is 0 Å². The van der Waals surface area contributed by atoms with E-state index in [9.17, 15) is 5.11 Å². The molecule has 0 aliphatic rings. The van der Waals surface area contributed by atoms with Crippen LogP contribution >= 0.6 is 12.2 Å². The molecule has 4 nitrogen and oxygen atoms in total. The van der Waals surface area contributed by atoms with Crippen molar-refractivity contribution in [2.75, 3.05) is 0 Å². The number of aromatic hydroxyl groups is 1. The number of rotatable bonds is 2. The predicted octanol–water partition coefficient (Wildman–Crippen LogP) is 3.67. The van der Waals surface area contributed by atoms with E-state index in [-0.39, 0.29) is 5.75 Å². The number of thiocarbonyl (C=S) groups is 1. The first kappa shape index (κ1) is 11.6. The minimum Gasteiger partial charge on any atom is -0.507 e. The fourth-order valence-electron chi connectivity index (χ4n) is 1.92. The van der Waals surface area contributed by atoms with Crippen molar-refractivity contribution in [1.82, 2.24) is 9.97 Å². The van der Waals surface area contributed by atoms with Gasteiger partial charge in [-0.1, -0.05) is 12.1 Å². The highest BCUT2D eigenvalue weighted by Crippen LogP contribution is 2.31. The van der Waals surface area contributed by atoms with Gasteiger partial charge in [-0.3, -0.25) is 0 Å². The van der Waals surface area contributed by atoms with E-state index in [2.05, 4.69) is 32.3 Å². The monoisotopic (exact) mass is 267 g/mol. The Hall–Kier alpha value is -2.49. The molecule has 1 aromatic heterocycles. The minimum absolute atomic E-state index is 0.102. The van der Waals surface area contributed by atoms with Gasteiger partial charge in [0.05, 0.1) is 27.4 Å². The lowest BCUT2D eigenvalue weighted by Crippen LogP contribution is -1.81. The van der Waals surface area contributed by atoms with Gasteiger partial charge in [0, 0.05) is 6.07 Å². The van der Waals surface area contributed by atoms with Crippen LogP contribution in [-0.4, -0.2) is 20.2 Å². The first-order valence-electron chi connectivity index (χ1n) is 5.64. The Morgan fingerprint density at radius 2 is 2.05 bits per heavy atom. The van der Waals surface area contributed by atoms with Crippen molar-refractivity contribution >= 4 is 34.1 Å². The molecule has 3 rings (SSSR count). The van der Waals surface area contributed by atoms with Gasteiger partial charge < -0.3 is 10.1 Å². The largest absolute Gasteiger partial charge is 0.507 e. The number of phenols is 1. The van der Waals surface area contributed by atoms with Gasteiger partial charge >= 0.3 is 0 Å². The van der Waals surface area contributed by atoms with Gasteiger partial charge in [-0.05, 0) is 36.5 Å². The van der Waals surface area contributed by atoms with E-state index in [1.165, 1.54) is 6.07 Å². The normalized spacial score (nSPS) is 10.3. The second-order valence-electron chi connectivity index (χ2n) is 4.01. The van der Waals surface area contributed by atoms with Gasteiger partial charge in [-0.25, -0.2) is 4.98 Å². The summed E-state index contributed by atoms with van der Waals surface area (Å²) in [6.45, 7) is 0.